The van der Waals surface area contributed by atoms with Gasteiger partial charge in [-0.2, -0.15) is 0 Å². The molecule has 0 aliphatic carbocycles. The van der Waals surface area contributed by atoms with Gasteiger partial charge in [0.25, 0.3) is 0 Å². The largest absolute Gasteiger partial charge is 0.497 e. The molecule has 2 aromatic carbocycles. The van der Waals surface area contributed by atoms with Crippen LogP contribution < -0.4 is 4.74 Å². The van der Waals surface area contributed by atoms with Crippen LogP contribution in [0.3, 0.4) is 0 Å². The molecular weight excluding hydrogens is 352 g/mol. The first-order chi connectivity index (χ1) is 13.7. The maximum absolute atomic E-state index is 12.3. The Kier molecular flexibility index (Phi) is 5.35. The number of hydrogen-bond acceptors (Lipinski definition) is 4. The molecule has 0 radical (unpaired) electrons. The summed E-state index contributed by atoms with van der Waals surface area (Å²) in [5.41, 5.74) is 3.98. The van der Waals surface area contributed by atoms with Gasteiger partial charge in [0.05, 0.1) is 19.8 Å². The van der Waals surface area contributed by atoms with Crippen molar-refractivity contribution in [3.8, 4) is 5.75 Å². The molecule has 1 saturated heterocycles. The predicted molar refractivity (Wildman–Crippen MR) is 110 cm³/mol. The molecule has 4 rings (SSSR count). The van der Waals surface area contributed by atoms with E-state index in [4.69, 9.17) is 9.47 Å². The van der Waals surface area contributed by atoms with E-state index in [0.29, 0.717) is 17.9 Å². The molecule has 0 amide bonds. The summed E-state index contributed by atoms with van der Waals surface area (Å²) in [5, 5.41) is 1.28. The van der Waals surface area contributed by atoms with Gasteiger partial charge >= 0.3 is 5.97 Å². The van der Waals surface area contributed by atoms with Crippen LogP contribution in [0, 0.1) is 0 Å². The van der Waals surface area contributed by atoms with Crippen LogP contribution in [0.25, 0.3) is 10.9 Å². The van der Waals surface area contributed by atoms with Gasteiger partial charge in [0.15, 0.2) is 0 Å². The lowest BCUT2D eigenvalue weighted by Crippen LogP contribution is -2.18. The smallest absolute Gasteiger partial charge is 0.338 e. The van der Waals surface area contributed by atoms with E-state index < -0.39 is 0 Å². The third kappa shape index (κ3) is 3.62. The summed E-state index contributed by atoms with van der Waals surface area (Å²) in [6.07, 6.45) is 4.80. The topological polar surface area (TPSA) is 43.7 Å². The number of fused-ring (bicyclic) bond motifs is 1. The van der Waals surface area contributed by atoms with Crippen LogP contribution >= 0.6 is 0 Å². The fraction of sp³-hybridized carbons (Fsp3) is 0.348. The molecule has 0 saturated carbocycles. The number of ether oxygens (including phenoxy) is 2. The van der Waals surface area contributed by atoms with Gasteiger partial charge in [0, 0.05) is 30.2 Å². The zero-order chi connectivity index (χ0) is 19.5. The number of hydrogen-bond donors (Lipinski definition) is 0. The van der Waals surface area contributed by atoms with Crippen molar-refractivity contribution in [1.82, 2.24) is 9.47 Å². The van der Waals surface area contributed by atoms with Crippen molar-refractivity contribution < 1.29 is 14.3 Å². The molecule has 0 unspecified atom stereocenters. The molecule has 28 heavy (non-hydrogen) atoms. The van der Waals surface area contributed by atoms with E-state index in [1.165, 1.54) is 49.5 Å². The fourth-order valence-corrected chi connectivity index (χ4v) is 4.07. The third-order valence-corrected chi connectivity index (χ3v) is 5.53. The van der Waals surface area contributed by atoms with Gasteiger partial charge in [-0.25, -0.2) is 4.79 Å². The second kappa shape index (κ2) is 8.07. The molecule has 1 aliphatic heterocycles. The highest BCUT2D eigenvalue weighted by molar-refractivity contribution is 5.91. The molecule has 5 heteroatoms. The molecular formula is C23H26N2O3. The van der Waals surface area contributed by atoms with Crippen molar-refractivity contribution in [2.45, 2.75) is 25.9 Å². The average molecular weight is 378 g/mol. The Morgan fingerprint density at radius 1 is 1.00 bits per heavy atom. The number of rotatable bonds is 6. The summed E-state index contributed by atoms with van der Waals surface area (Å²) in [6.45, 7) is 3.92. The molecule has 2 heterocycles. The highest BCUT2D eigenvalue weighted by Crippen LogP contribution is 2.27. The molecule has 0 bridgehead atoms. The van der Waals surface area contributed by atoms with Gasteiger partial charge in [0.1, 0.15) is 5.75 Å². The first-order valence-corrected chi connectivity index (χ1v) is 9.74. The maximum atomic E-state index is 12.3. The van der Waals surface area contributed by atoms with E-state index in [1.807, 2.05) is 12.1 Å². The Labute approximate surface area is 165 Å². The highest BCUT2D eigenvalue weighted by atomic mass is 16.5. The van der Waals surface area contributed by atoms with Gasteiger partial charge in [-0.3, -0.25) is 4.90 Å². The second-order valence-corrected chi connectivity index (χ2v) is 7.30. The van der Waals surface area contributed by atoms with Crippen molar-refractivity contribution in [1.29, 1.82) is 0 Å². The predicted octanol–water partition coefficient (Wildman–Crippen LogP) is 4.08. The number of para-hydroxylation sites is 1. The highest BCUT2D eigenvalue weighted by Gasteiger charge is 2.18. The van der Waals surface area contributed by atoms with Gasteiger partial charge < -0.3 is 14.0 Å². The van der Waals surface area contributed by atoms with Crippen molar-refractivity contribution in [3.63, 3.8) is 0 Å². The molecule has 3 aromatic rings. The summed E-state index contributed by atoms with van der Waals surface area (Å²) in [7, 11) is 3.00. The molecule has 0 N–H and O–H groups in total. The van der Waals surface area contributed by atoms with Crippen molar-refractivity contribution in [2.75, 3.05) is 27.3 Å². The van der Waals surface area contributed by atoms with Gasteiger partial charge in [-0.15, -0.1) is 0 Å². The lowest BCUT2D eigenvalue weighted by atomic mass is 10.1. The van der Waals surface area contributed by atoms with Crippen LogP contribution in [0.4, 0.5) is 0 Å². The zero-order valence-corrected chi connectivity index (χ0v) is 16.5. The summed E-state index contributed by atoms with van der Waals surface area (Å²) in [6, 6.07) is 14.1. The van der Waals surface area contributed by atoms with Crippen molar-refractivity contribution in [2.24, 2.45) is 0 Å². The minimum atomic E-state index is -0.345. The molecule has 1 aliphatic rings. The van der Waals surface area contributed by atoms with E-state index in [1.54, 1.807) is 13.2 Å². The first kappa shape index (κ1) is 18.6. The van der Waals surface area contributed by atoms with Crippen molar-refractivity contribution >= 4 is 16.9 Å². The molecule has 1 fully saturated rings. The van der Waals surface area contributed by atoms with E-state index in [0.717, 1.165) is 12.1 Å². The molecule has 0 atom stereocenters. The number of methoxy groups -OCH3 is 2. The lowest BCUT2D eigenvalue weighted by Gasteiger charge is -2.13. The number of likely N-dealkylation sites (tertiary alicyclic amines) is 1. The van der Waals surface area contributed by atoms with Gasteiger partial charge in [0.2, 0.25) is 0 Å². The minimum absolute atomic E-state index is 0.345. The average Bonchev–Trinajstić information content (AvgIpc) is 3.37. The number of benzene rings is 2. The second-order valence-electron chi connectivity index (χ2n) is 7.30. The molecule has 1 aromatic heterocycles. The van der Waals surface area contributed by atoms with E-state index >= 15 is 0 Å². The standard InChI is InChI=1S/C23H26N2O3/c1-27-19-10-9-17(21(13-19)23(26)28-2)15-25-16-18(14-24-11-5-6-12-24)20-7-3-4-8-22(20)25/h3-4,7-10,13,16H,5-6,11-12,14-15H2,1-2H3. The summed E-state index contributed by atoms with van der Waals surface area (Å²) >= 11 is 0. The molecule has 0 spiro atoms. The SMILES string of the molecule is COC(=O)c1cc(OC)ccc1Cn1cc(CN2CCCC2)c2ccccc21. The quantitative estimate of drug-likeness (QED) is 0.606. The van der Waals surface area contributed by atoms with Gasteiger partial charge in [-0.05, 0) is 55.3 Å². The van der Waals surface area contributed by atoms with E-state index in [2.05, 4.69) is 39.9 Å². The van der Waals surface area contributed by atoms with Crippen LogP contribution in [-0.4, -0.2) is 42.7 Å². The number of esters is 1. The number of carbonyl (C=O) groups excluding carboxylic acids is 1. The molecule has 146 valence electrons. The monoisotopic (exact) mass is 378 g/mol. The van der Waals surface area contributed by atoms with Crippen LogP contribution in [0.2, 0.25) is 0 Å². The summed E-state index contributed by atoms with van der Waals surface area (Å²) in [4.78, 5) is 14.8. The van der Waals surface area contributed by atoms with E-state index in [-0.39, 0.29) is 5.97 Å². The Hall–Kier alpha value is -2.79. The fourth-order valence-electron chi connectivity index (χ4n) is 4.07. The Morgan fingerprint density at radius 3 is 2.54 bits per heavy atom. The maximum Gasteiger partial charge on any atom is 0.338 e. The lowest BCUT2D eigenvalue weighted by molar-refractivity contribution is 0.0599. The number of aromatic nitrogens is 1. The Bertz CT molecular complexity index is 987. The van der Waals surface area contributed by atoms with Gasteiger partial charge in [-0.1, -0.05) is 24.3 Å². The van der Waals surface area contributed by atoms with E-state index in [9.17, 15) is 4.79 Å². The van der Waals surface area contributed by atoms with Crippen LogP contribution in [0.15, 0.2) is 48.7 Å². The van der Waals surface area contributed by atoms with Crippen LogP contribution in [-0.2, 0) is 17.8 Å². The normalized spacial score (nSPS) is 14.5. The first-order valence-electron chi connectivity index (χ1n) is 9.74. The Balaban J connectivity index is 1.71. The summed E-state index contributed by atoms with van der Waals surface area (Å²) in [5.74, 6) is 0.305. The van der Waals surface area contributed by atoms with Crippen LogP contribution in [0.1, 0.15) is 34.3 Å². The molecule has 5 nitrogen and oxygen atoms in total. The number of nitrogens with zero attached hydrogens (tertiary/aromatic N) is 2. The number of carbonyl (C=O) groups is 1. The van der Waals surface area contributed by atoms with Crippen molar-refractivity contribution in [3.05, 3.63) is 65.4 Å². The Morgan fingerprint density at radius 2 is 1.79 bits per heavy atom. The third-order valence-electron chi connectivity index (χ3n) is 5.53. The van der Waals surface area contributed by atoms with Crippen LogP contribution in [0.5, 0.6) is 5.75 Å². The summed E-state index contributed by atoms with van der Waals surface area (Å²) < 4.78 is 12.5. The minimum Gasteiger partial charge on any atom is -0.497 e. The zero-order valence-electron chi connectivity index (χ0n) is 16.5.